The monoisotopic (exact) mass is 373 g/mol. The lowest BCUT2D eigenvalue weighted by molar-refractivity contribution is 0.0539. The topological polar surface area (TPSA) is 49.8 Å². The molecule has 0 unspecified atom stereocenters. The number of ether oxygens (including phenoxy) is 1. The van der Waals surface area contributed by atoms with Crippen molar-refractivity contribution in [1.82, 2.24) is 4.90 Å². The van der Waals surface area contributed by atoms with Gasteiger partial charge < -0.3 is 14.7 Å². The van der Waals surface area contributed by atoms with Crippen molar-refractivity contribution in [1.29, 1.82) is 0 Å². The predicted molar refractivity (Wildman–Crippen MR) is 108 cm³/mol. The molecule has 0 spiro atoms. The Morgan fingerprint density at radius 3 is 2.32 bits per heavy atom. The Bertz CT molecular complexity index is 953. The summed E-state index contributed by atoms with van der Waals surface area (Å²) in [6.07, 6.45) is 0. The third kappa shape index (κ3) is 3.39. The van der Waals surface area contributed by atoms with E-state index in [0.717, 1.165) is 28.0 Å². The molecule has 0 saturated carbocycles. The molecule has 0 aliphatic carbocycles. The maximum absolute atomic E-state index is 12.9. The van der Waals surface area contributed by atoms with Crippen LogP contribution in [0.1, 0.15) is 46.1 Å². The molecule has 1 aliphatic rings. The highest BCUT2D eigenvalue weighted by atomic mass is 16.5. The average Bonchev–Trinajstić information content (AvgIpc) is 3.00. The summed E-state index contributed by atoms with van der Waals surface area (Å²) in [7, 11) is 0. The van der Waals surface area contributed by atoms with Gasteiger partial charge in [-0.2, -0.15) is 0 Å². The molecule has 0 saturated heterocycles. The van der Waals surface area contributed by atoms with Crippen molar-refractivity contribution in [2.24, 2.45) is 0 Å². The average molecular weight is 373 g/mol. The minimum atomic E-state index is -0.391. The van der Waals surface area contributed by atoms with Gasteiger partial charge in [0.15, 0.2) is 0 Å². The SMILES string of the molecule is C[C@@H]1c2ccccc2C(=O)N1[C@@H](CO)c1ccc(OCc2ccccc2)cc1. The fourth-order valence-corrected chi connectivity index (χ4v) is 3.81. The van der Waals surface area contributed by atoms with Gasteiger partial charge in [-0.25, -0.2) is 0 Å². The van der Waals surface area contributed by atoms with Crippen molar-refractivity contribution in [2.75, 3.05) is 6.61 Å². The van der Waals surface area contributed by atoms with Crippen LogP contribution in [0, 0.1) is 0 Å². The van der Waals surface area contributed by atoms with E-state index < -0.39 is 6.04 Å². The summed E-state index contributed by atoms with van der Waals surface area (Å²) in [6.45, 7) is 2.37. The Kier molecular flexibility index (Phi) is 5.13. The Morgan fingerprint density at radius 2 is 1.64 bits per heavy atom. The summed E-state index contributed by atoms with van der Waals surface area (Å²) in [5, 5.41) is 10.1. The van der Waals surface area contributed by atoms with E-state index in [0.29, 0.717) is 6.61 Å². The summed E-state index contributed by atoms with van der Waals surface area (Å²) in [5.74, 6) is 0.722. The number of amides is 1. The third-order valence-electron chi connectivity index (χ3n) is 5.31. The molecule has 2 atom stereocenters. The van der Waals surface area contributed by atoms with Crippen molar-refractivity contribution < 1.29 is 14.6 Å². The molecule has 1 aliphatic heterocycles. The molecule has 1 N–H and O–H groups in total. The van der Waals surface area contributed by atoms with Gasteiger partial charge in [-0.15, -0.1) is 0 Å². The van der Waals surface area contributed by atoms with Crippen LogP contribution in [0.5, 0.6) is 5.75 Å². The highest BCUT2D eigenvalue weighted by Crippen LogP contribution is 2.39. The molecule has 0 bridgehead atoms. The van der Waals surface area contributed by atoms with E-state index in [1.54, 1.807) is 4.90 Å². The van der Waals surface area contributed by atoms with Gasteiger partial charge in [-0.05, 0) is 41.8 Å². The number of hydrogen-bond acceptors (Lipinski definition) is 3. The van der Waals surface area contributed by atoms with E-state index in [-0.39, 0.29) is 18.6 Å². The van der Waals surface area contributed by atoms with E-state index >= 15 is 0 Å². The van der Waals surface area contributed by atoms with Crippen LogP contribution in [0.15, 0.2) is 78.9 Å². The number of aliphatic hydroxyl groups is 1. The Hall–Kier alpha value is -3.11. The summed E-state index contributed by atoms with van der Waals surface area (Å²) < 4.78 is 5.84. The van der Waals surface area contributed by atoms with Gasteiger partial charge in [0, 0.05) is 5.56 Å². The highest BCUT2D eigenvalue weighted by molar-refractivity contribution is 5.99. The van der Waals surface area contributed by atoms with Gasteiger partial charge in [-0.1, -0.05) is 60.7 Å². The van der Waals surface area contributed by atoms with E-state index in [1.165, 1.54) is 0 Å². The lowest BCUT2D eigenvalue weighted by Gasteiger charge is -2.31. The van der Waals surface area contributed by atoms with Crippen LogP contribution in [0.3, 0.4) is 0 Å². The van der Waals surface area contributed by atoms with Crippen LogP contribution in [-0.2, 0) is 6.61 Å². The van der Waals surface area contributed by atoms with Gasteiger partial charge in [0.2, 0.25) is 0 Å². The van der Waals surface area contributed by atoms with Crippen LogP contribution in [0.4, 0.5) is 0 Å². The van der Waals surface area contributed by atoms with Crippen LogP contribution in [-0.4, -0.2) is 22.5 Å². The molecule has 0 radical (unpaired) electrons. The van der Waals surface area contributed by atoms with Crippen molar-refractivity contribution in [2.45, 2.75) is 25.6 Å². The quantitative estimate of drug-likeness (QED) is 0.691. The zero-order chi connectivity index (χ0) is 19.5. The molecule has 0 fully saturated rings. The summed E-state index contributed by atoms with van der Waals surface area (Å²) in [5.41, 5.74) is 3.72. The standard InChI is InChI=1S/C24H23NO3/c1-17-21-9-5-6-10-22(21)24(27)25(17)23(15-26)19-11-13-20(14-12-19)28-16-18-7-3-2-4-8-18/h2-14,17,23,26H,15-16H2,1H3/t17-,23+/m1/s1. The molecular weight excluding hydrogens is 350 g/mol. The van der Waals surface area contributed by atoms with Crippen LogP contribution < -0.4 is 4.74 Å². The Labute approximate surface area is 165 Å². The number of carbonyl (C=O) groups is 1. The first-order chi connectivity index (χ1) is 13.7. The normalized spacial score (nSPS) is 16.7. The maximum atomic E-state index is 12.9. The molecular formula is C24H23NO3. The molecule has 3 aromatic rings. The van der Waals surface area contributed by atoms with E-state index in [9.17, 15) is 9.90 Å². The largest absolute Gasteiger partial charge is 0.489 e. The Balaban J connectivity index is 1.50. The molecule has 28 heavy (non-hydrogen) atoms. The van der Waals surface area contributed by atoms with Gasteiger partial charge in [0.05, 0.1) is 18.7 Å². The molecule has 1 heterocycles. The van der Waals surface area contributed by atoms with Crippen molar-refractivity contribution in [3.05, 3.63) is 101 Å². The van der Waals surface area contributed by atoms with Crippen molar-refractivity contribution in [3.8, 4) is 5.75 Å². The van der Waals surface area contributed by atoms with Crippen molar-refractivity contribution >= 4 is 5.91 Å². The van der Waals surface area contributed by atoms with Crippen LogP contribution in [0.2, 0.25) is 0 Å². The number of carbonyl (C=O) groups excluding carboxylic acids is 1. The second-order valence-corrected chi connectivity index (χ2v) is 7.02. The smallest absolute Gasteiger partial charge is 0.255 e. The molecule has 3 aromatic carbocycles. The van der Waals surface area contributed by atoms with E-state index in [2.05, 4.69) is 0 Å². The second-order valence-electron chi connectivity index (χ2n) is 7.02. The fraction of sp³-hybridized carbons (Fsp3) is 0.208. The zero-order valence-corrected chi connectivity index (χ0v) is 15.8. The molecule has 4 nitrogen and oxygen atoms in total. The van der Waals surface area contributed by atoms with E-state index in [4.69, 9.17) is 4.74 Å². The number of hydrogen-bond donors (Lipinski definition) is 1. The molecule has 142 valence electrons. The van der Waals surface area contributed by atoms with E-state index in [1.807, 2.05) is 85.8 Å². The number of nitrogens with zero attached hydrogens (tertiary/aromatic N) is 1. The summed E-state index contributed by atoms with van der Waals surface area (Å²) in [6, 6.07) is 24.8. The zero-order valence-electron chi connectivity index (χ0n) is 15.8. The lowest BCUT2D eigenvalue weighted by atomic mass is 10.0. The second kappa shape index (κ2) is 7.87. The van der Waals surface area contributed by atoms with Gasteiger partial charge in [0.25, 0.3) is 5.91 Å². The van der Waals surface area contributed by atoms with Crippen LogP contribution >= 0.6 is 0 Å². The lowest BCUT2D eigenvalue weighted by Crippen LogP contribution is -2.33. The molecule has 1 amide bonds. The fourth-order valence-electron chi connectivity index (χ4n) is 3.81. The molecule has 0 aromatic heterocycles. The first-order valence-electron chi connectivity index (χ1n) is 9.48. The predicted octanol–water partition coefficient (Wildman–Crippen LogP) is 4.52. The minimum Gasteiger partial charge on any atom is -0.489 e. The van der Waals surface area contributed by atoms with Gasteiger partial charge >= 0.3 is 0 Å². The number of fused-ring (bicyclic) bond motifs is 1. The third-order valence-corrected chi connectivity index (χ3v) is 5.31. The Morgan fingerprint density at radius 1 is 0.964 bits per heavy atom. The summed E-state index contributed by atoms with van der Waals surface area (Å²) in [4.78, 5) is 14.7. The first-order valence-corrected chi connectivity index (χ1v) is 9.48. The molecule has 4 rings (SSSR count). The number of rotatable bonds is 6. The van der Waals surface area contributed by atoms with Gasteiger partial charge in [-0.3, -0.25) is 4.79 Å². The number of aliphatic hydroxyl groups excluding tert-OH is 1. The summed E-state index contributed by atoms with van der Waals surface area (Å²) >= 11 is 0. The number of benzene rings is 3. The minimum absolute atomic E-state index is 0.0356. The molecule has 4 heteroatoms. The van der Waals surface area contributed by atoms with Crippen molar-refractivity contribution in [3.63, 3.8) is 0 Å². The highest BCUT2D eigenvalue weighted by Gasteiger charge is 2.38. The maximum Gasteiger partial charge on any atom is 0.255 e. The van der Waals surface area contributed by atoms with Crippen LogP contribution in [0.25, 0.3) is 0 Å². The first kappa shape index (κ1) is 18.3. The van der Waals surface area contributed by atoms with Gasteiger partial charge in [0.1, 0.15) is 12.4 Å².